The minimum atomic E-state index is 0.763. The highest BCUT2D eigenvalue weighted by Gasteiger charge is 2.21. The van der Waals surface area contributed by atoms with Crippen LogP contribution in [0.2, 0.25) is 0 Å². The van der Waals surface area contributed by atoms with E-state index in [2.05, 4.69) is 21.5 Å². The van der Waals surface area contributed by atoms with Crippen LogP contribution < -0.4 is 5.73 Å². The van der Waals surface area contributed by atoms with E-state index in [0.29, 0.717) is 0 Å². The summed E-state index contributed by atoms with van der Waals surface area (Å²) >= 11 is 0. The second-order valence-electron chi connectivity index (χ2n) is 6.19. The van der Waals surface area contributed by atoms with Gasteiger partial charge in [0.15, 0.2) is 0 Å². The van der Waals surface area contributed by atoms with Gasteiger partial charge in [-0.1, -0.05) is 26.2 Å². The number of hydrogen-bond donors (Lipinski definition) is 1. The van der Waals surface area contributed by atoms with Crippen LogP contribution in [0.4, 0.5) is 5.69 Å². The number of rotatable bonds is 4. The molecule has 4 heteroatoms. The maximum absolute atomic E-state index is 6.07. The Hall–Kier alpha value is -1.84. The van der Waals surface area contributed by atoms with Crippen LogP contribution in [0.15, 0.2) is 31.0 Å². The number of aromatic nitrogens is 3. The van der Waals surface area contributed by atoms with Gasteiger partial charge in [-0.15, -0.1) is 0 Å². The number of anilines is 1. The van der Waals surface area contributed by atoms with Gasteiger partial charge in [0.25, 0.3) is 0 Å². The predicted octanol–water partition coefficient (Wildman–Crippen LogP) is 3.74. The lowest BCUT2D eigenvalue weighted by Crippen LogP contribution is -2.18. The molecule has 1 aliphatic carbocycles. The van der Waals surface area contributed by atoms with Crippen molar-refractivity contribution in [1.82, 2.24) is 14.5 Å². The fourth-order valence-electron chi connectivity index (χ4n) is 3.41. The van der Waals surface area contributed by atoms with E-state index in [1.165, 1.54) is 32.1 Å². The van der Waals surface area contributed by atoms with Crippen LogP contribution in [0.3, 0.4) is 0 Å². The molecule has 3 rings (SSSR count). The normalized spacial score (nSPS) is 22.3. The van der Waals surface area contributed by atoms with Gasteiger partial charge in [-0.05, 0) is 30.7 Å². The zero-order valence-electron chi connectivity index (χ0n) is 12.7. The molecule has 2 N–H and O–H groups in total. The largest absolute Gasteiger partial charge is 0.398 e. The summed E-state index contributed by atoms with van der Waals surface area (Å²) in [6.07, 6.45) is 14.1. The molecule has 1 fully saturated rings. The molecule has 0 aromatic carbocycles. The first-order valence-corrected chi connectivity index (χ1v) is 7.98. The second-order valence-corrected chi connectivity index (χ2v) is 6.19. The Balaban J connectivity index is 1.73. The van der Waals surface area contributed by atoms with Crippen molar-refractivity contribution in [3.05, 3.63) is 31.0 Å². The molecule has 2 aromatic rings. The predicted molar refractivity (Wildman–Crippen MR) is 85.6 cm³/mol. The number of imidazole rings is 1. The molecule has 0 spiro atoms. The fourth-order valence-corrected chi connectivity index (χ4v) is 3.41. The molecule has 1 saturated carbocycles. The maximum atomic E-state index is 6.07. The molecule has 1 aliphatic rings. The van der Waals surface area contributed by atoms with E-state index in [0.717, 1.165) is 35.3 Å². The lowest BCUT2D eigenvalue weighted by Gasteiger charge is -2.28. The van der Waals surface area contributed by atoms with Crippen molar-refractivity contribution in [1.29, 1.82) is 0 Å². The molecular formula is C17H24N4. The third-order valence-corrected chi connectivity index (χ3v) is 4.84. The molecule has 0 aliphatic heterocycles. The van der Waals surface area contributed by atoms with Gasteiger partial charge in [-0.3, -0.25) is 4.98 Å². The van der Waals surface area contributed by atoms with Crippen LogP contribution in [0.1, 0.15) is 39.0 Å². The number of hydrogen-bond acceptors (Lipinski definition) is 3. The summed E-state index contributed by atoms with van der Waals surface area (Å²) in [5.74, 6) is 1.70. The Labute approximate surface area is 126 Å². The van der Waals surface area contributed by atoms with Gasteiger partial charge in [0, 0.05) is 30.2 Å². The van der Waals surface area contributed by atoms with Crippen LogP contribution >= 0.6 is 0 Å². The average molecular weight is 284 g/mol. The smallest absolute Gasteiger partial charge is 0.0951 e. The molecule has 2 heterocycles. The molecule has 4 nitrogen and oxygen atoms in total. The topological polar surface area (TPSA) is 56.7 Å². The number of nitrogen functional groups attached to an aromatic ring is 1. The van der Waals surface area contributed by atoms with Crippen LogP contribution in [0.5, 0.6) is 0 Å². The molecule has 0 amide bonds. The van der Waals surface area contributed by atoms with Crippen molar-refractivity contribution in [3.63, 3.8) is 0 Å². The summed E-state index contributed by atoms with van der Waals surface area (Å²) in [4.78, 5) is 8.51. The summed E-state index contributed by atoms with van der Waals surface area (Å²) < 4.78 is 2.24. The van der Waals surface area contributed by atoms with E-state index in [1.54, 1.807) is 6.20 Å². The summed E-state index contributed by atoms with van der Waals surface area (Å²) in [5, 5.41) is 0. The third kappa shape index (κ3) is 3.09. The van der Waals surface area contributed by atoms with Gasteiger partial charge in [-0.2, -0.15) is 0 Å². The Bertz CT molecular complexity index is 582. The zero-order chi connectivity index (χ0) is 14.7. The highest BCUT2D eigenvalue weighted by molar-refractivity contribution is 5.72. The van der Waals surface area contributed by atoms with Crippen LogP contribution in [0, 0.1) is 11.8 Å². The molecule has 112 valence electrons. The van der Waals surface area contributed by atoms with Gasteiger partial charge < -0.3 is 10.3 Å². The SMILES string of the molecule is CCC1CCC(Cn2cncc2-c2cnccc2N)CC1. The molecule has 0 atom stereocenters. The summed E-state index contributed by atoms with van der Waals surface area (Å²) in [7, 11) is 0. The van der Waals surface area contributed by atoms with E-state index in [9.17, 15) is 0 Å². The minimum Gasteiger partial charge on any atom is -0.398 e. The summed E-state index contributed by atoms with van der Waals surface area (Å²) in [6, 6.07) is 1.85. The zero-order valence-corrected chi connectivity index (χ0v) is 12.7. The molecule has 0 saturated heterocycles. The highest BCUT2D eigenvalue weighted by atomic mass is 15.0. The Morgan fingerprint density at radius 1 is 1.14 bits per heavy atom. The molecule has 0 radical (unpaired) electrons. The Morgan fingerprint density at radius 3 is 2.62 bits per heavy atom. The second kappa shape index (κ2) is 6.29. The van der Waals surface area contributed by atoms with Crippen molar-refractivity contribution in [2.24, 2.45) is 11.8 Å². The first kappa shape index (κ1) is 14.1. The average Bonchev–Trinajstić information content (AvgIpc) is 2.96. The lowest BCUT2D eigenvalue weighted by molar-refractivity contribution is 0.248. The molecule has 21 heavy (non-hydrogen) atoms. The van der Waals surface area contributed by atoms with Gasteiger partial charge in [0.1, 0.15) is 0 Å². The third-order valence-electron chi connectivity index (χ3n) is 4.84. The number of pyridine rings is 1. The van der Waals surface area contributed by atoms with E-state index in [4.69, 9.17) is 5.73 Å². The molecule has 2 aromatic heterocycles. The molecule has 0 unspecified atom stereocenters. The Morgan fingerprint density at radius 2 is 1.90 bits per heavy atom. The maximum Gasteiger partial charge on any atom is 0.0951 e. The first-order chi connectivity index (χ1) is 10.3. The van der Waals surface area contributed by atoms with Crippen molar-refractivity contribution in [3.8, 4) is 11.3 Å². The summed E-state index contributed by atoms with van der Waals surface area (Å²) in [5.41, 5.74) is 8.90. The van der Waals surface area contributed by atoms with Gasteiger partial charge in [0.2, 0.25) is 0 Å². The van der Waals surface area contributed by atoms with Gasteiger partial charge >= 0.3 is 0 Å². The van der Waals surface area contributed by atoms with Crippen LogP contribution in [-0.4, -0.2) is 14.5 Å². The quantitative estimate of drug-likeness (QED) is 0.930. The van der Waals surface area contributed by atoms with Gasteiger partial charge in [-0.25, -0.2) is 4.98 Å². The van der Waals surface area contributed by atoms with E-state index >= 15 is 0 Å². The standard InChI is InChI=1S/C17H24N4/c1-2-13-3-5-14(6-4-13)11-21-12-20-10-17(21)15-9-19-8-7-16(15)18/h7-10,12-14H,2-6,11H2,1H3,(H2,18,19). The van der Waals surface area contributed by atoms with Crippen molar-refractivity contribution in [2.75, 3.05) is 5.73 Å². The first-order valence-electron chi connectivity index (χ1n) is 7.98. The lowest BCUT2D eigenvalue weighted by atomic mass is 9.81. The van der Waals surface area contributed by atoms with Crippen molar-refractivity contribution < 1.29 is 0 Å². The molecule has 0 bridgehead atoms. The monoisotopic (exact) mass is 284 g/mol. The minimum absolute atomic E-state index is 0.763. The fraction of sp³-hybridized carbons (Fsp3) is 0.529. The number of nitrogens with zero attached hydrogens (tertiary/aromatic N) is 3. The van der Waals surface area contributed by atoms with E-state index in [1.807, 2.05) is 24.8 Å². The summed E-state index contributed by atoms with van der Waals surface area (Å²) in [6.45, 7) is 3.35. The Kier molecular flexibility index (Phi) is 4.23. The van der Waals surface area contributed by atoms with E-state index in [-0.39, 0.29) is 0 Å². The van der Waals surface area contributed by atoms with Crippen LogP contribution in [-0.2, 0) is 6.54 Å². The van der Waals surface area contributed by atoms with Crippen molar-refractivity contribution >= 4 is 5.69 Å². The molecular weight excluding hydrogens is 260 g/mol. The number of nitrogens with two attached hydrogens (primary N) is 1. The van der Waals surface area contributed by atoms with Crippen molar-refractivity contribution in [2.45, 2.75) is 45.6 Å². The van der Waals surface area contributed by atoms with E-state index < -0.39 is 0 Å². The highest BCUT2D eigenvalue weighted by Crippen LogP contribution is 2.33. The van der Waals surface area contributed by atoms with Crippen LogP contribution in [0.25, 0.3) is 11.3 Å². The van der Waals surface area contributed by atoms with Gasteiger partial charge in [0.05, 0.1) is 18.2 Å².